The van der Waals surface area contributed by atoms with Gasteiger partial charge in [0.2, 0.25) is 5.60 Å². The second-order valence-electron chi connectivity index (χ2n) is 5.89. The lowest BCUT2D eigenvalue weighted by molar-refractivity contribution is -0.148. The van der Waals surface area contributed by atoms with Crippen molar-refractivity contribution < 1.29 is 14.3 Å². The maximum Gasteiger partial charge on any atom is 0.341 e. The fourth-order valence-corrected chi connectivity index (χ4v) is 3.11. The first kappa shape index (κ1) is 14.1. The SMILES string of the molecule is COC(=O)C1(C(C)C)OC1(C)c1cc(C)cc(C)c1. The van der Waals surface area contributed by atoms with Gasteiger partial charge in [-0.3, -0.25) is 0 Å². The van der Waals surface area contributed by atoms with Gasteiger partial charge in [0.15, 0.2) is 0 Å². The molecular weight excluding hydrogens is 240 g/mol. The van der Waals surface area contributed by atoms with Crippen LogP contribution in [0.1, 0.15) is 37.5 Å². The standard InChI is InChI=1S/C16H22O3/c1-10(2)16(14(17)18-6)15(5,19-16)13-8-11(3)7-12(4)9-13/h7-10H,1-6H3. The summed E-state index contributed by atoms with van der Waals surface area (Å²) in [6.45, 7) is 10.1. The predicted molar refractivity (Wildman–Crippen MR) is 73.9 cm³/mol. The zero-order valence-corrected chi connectivity index (χ0v) is 12.5. The molecule has 0 N–H and O–H groups in total. The minimum atomic E-state index is -0.859. The van der Waals surface area contributed by atoms with Crippen LogP contribution in [0.5, 0.6) is 0 Å². The Labute approximate surface area is 114 Å². The molecule has 1 fully saturated rings. The quantitative estimate of drug-likeness (QED) is 0.620. The highest BCUT2D eigenvalue weighted by molar-refractivity contribution is 5.85. The number of carbonyl (C=O) groups excluding carboxylic acids is 1. The molecule has 3 nitrogen and oxygen atoms in total. The van der Waals surface area contributed by atoms with E-state index in [-0.39, 0.29) is 11.9 Å². The summed E-state index contributed by atoms with van der Waals surface area (Å²) in [6.07, 6.45) is 0. The van der Waals surface area contributed by atoms with Crippen molar-refractivity contribution in [3.63, 3.8) is 0 Å². The Balaban J connectivity index is 2.48. The fraction of sp³-hybridized carbons (Fsp3) is 0.562. The van der Waals surface area contributed by atoms with Crippen molar-refractivity contribution in [2.24, 2.45) is 5.92 Å². The van der Waals surface area contributed by atoms with Gasteiger partial charge >= 0.3 is 5.97 Å². The minimum Gasteiger partial charge on any atom is -0.467 e. The predicted octanol–water partition coefficient (Wildman–Crippen LogP) is 3.12. The molecule has 1 saturated heterocycles. The third kappa shape index (κ3) is 1.88. The topological polar surface area (TPSA) is 38.8 Å². The van der Waals surface area contributed by atoms with Crippen molar-refractivity contribution >= 4 is 5.97 Å². The van der Waals surface area contributed by atoms with Crippen LogP contribution in [0.3, 0.4) is 0 Å². The van der Waals surface area contributed by atoms with Crippen molar-refractivity contribution in [1.29, 1.82) is 0 Å². The molecule has 2 atom stereocenters. The molecule has 1 heterocycles. The number of hydrogen-bond acceptors (Lipinski definition) is 3. The molecule has 0 saturated carbocycles. The highest BCUT2D eigenvalue weighted by Crippen LogP contribution is 2.60. The normalized spacial score (nSPS) is 29.4. The molecule has 3 heteroatoms. The Morgan fingerprint density at radius 1 is 1.21 bits per heavy atom. The summed E-state index contributed by atoms with van der Waals surface area (Å²) in [5.74, 6) is -0.227. The van der Waals surface area contributed by atoms with E-state index in [4.69, 9.17) is 9.47 Å². The van der Waals surface area contributed by atoms with Gasteiger partial charge in [-0.05, 0) is 32.3 Å². The number of carbonyl (C=O) groups is 1. The highest BCUT2D eigenvalue weighted by Gasteiger charge is 2.75. The maximum atomic E-state index is 12.1. The van der Waals surface area contributed by atoms with Gasteiger partial charge in [-0.1, -0.05) is 43.2 Å². The van der Waals surface area contributed by atoms with Crippen LogP contribution in [-0.2, 0) is 19.9 Å². The average Bonchev–Trinajstić information content (AvgIpc) is 2.97. The fourth-order valence-electron chi connectivity index (χ4n) is 3.11. The Morgan fingerprint density at radius 3 is 2.16 bits per heavy atom. The summed E-state index contributed by atoms with van der Waals surface area (Å²) in [5, 5.41) is 0. The highest BCUT2D eigenvalue weighted by atomic mass is 16.7. The number of epoxide rings is 1. The molecule has 0 amide bonds. The van der Waals surface area contributed by atoms with Crippen molar-refractivity contribution in [3.05, 3.63) is 34.9 Å². The van der Waals surface area contributed by atoms with Crippen LogP contribution in [0.4, 0.5) is 0 Å². The number of aryl methyl sites for hydroxylation is 2. The van der Waals surface area contributed by atoms with Crippen LogP contribution in [0.25, 0.3) is 0 Å². The Hall–Kier alpha value is -1.35. The average molecular weight is 262 g/mol. The lowest BCUT2D eigenvalue weighted by Gasteiger charge is -2.19. The molecule has 19 heavy (non-hydrogen) atoms. The molecule has 1 aliphatic rings. The van der Waals surface area contributed by atoms with Crippen LogP contribution in [-0.4, -0.2) is 18.7 Å². The number of ether oxygens (including phenoxy) is 2. The van der Waals surface area contributed by atoms with Gasteiger partial charge in [0.05, 0.1) is 7.11 Å². The van der Waals surface area contributed by atoms with E-state index in [1.54, 1.807) is 0 Å². The number of rotatable bonds is 3. The zero-order valence-electron chi connectivity index (χ0n) is 12.5. The molecule has 1 aromatic carbocycles. The molecule has 104 valence electrons. The van der Waals surface area contributed by atoms with Crippen molar-refractivity contribution in [3.8, 4) is 0 Å². The van der Waals surface area contributed by atoms with Gasteiger partial charge in [-0.2, -0.15) is 0 Å². The molecule has 1 aromatic rings. The van der Waals surface area contributed by atoms with E-state index in [1.165, 1.54) is 18.2 Å². The zero-order chi connectivity index (χ0) is 14.4. The van der Waals surface area contributed by atoms with Crippen molar-refractivity contribution in [2.45, 2.75) is 45.8 Å². The third-order valence-electron chi connectivity index (χ3n) is 4.11. The summed E-state index contributed by atoms with van der Waals surface area (Å²) in [7, 11) is 1.41. The number of benzene rings is 1. The van der Waals surface area contributed by atoms with E-state index in [2.05, 4.69) is 32.0 Å². The lowest BCUT2D eigenvalue weighted by Crippen LogP contribution is -2.37. The summed E-state index contributed by atoms with van der Waals surface area (Å²) >= 11 is 0. The van der Waals surface area contributed by atoms with Gasteiger partial charge in [-0.25, -0.2) is 4.79 Å². The second kappa shape index (κ2) is 4.34. The summed E-state index contributed by atoms with van der Waals surface area (Å²) < 4.78 is 10.9. The summed E-state index contributed by atoms with van der Waals surface area (Å²) in [6, 6.07) is 6.28. The minimum absolute atomic E-state index is 0.0609. The molecular formula is C16H22O3. The van der Waals surface area contributed by atoms with E-state index in [9.17, 15) is 4.79 Å². The van der Waals surface area contributed by atoms with Gasteiger partial charge in [0.1, 0.15) is 5.60 Å². The van der Waals surface area contributed by atoms with Gasteiger partial charge in [0, 0.05) is 0 Å². The second-order valence-corrected chi connectivity index (χ2v) is 5.89. The number of methoxy groups -OCH3 is 1. The summed E-state index contributed by atoms with van der Waals surface area (Å²) in [5.41, 5.74) is 1.94. The number of esters is 1. The van der Waals surface area contributed by atoms with Crippen molar-refractivity contribution in [2.75, 3.05) is 7.11 Å². The van der Waals surface area contributed by atoms with E-state index in [0.717, 1.165) is 5.56 Å². The van der Waals surface area contributed by atoms with Crippen LogP contribution in [0.2, 0.25) is 0 Å². The van der Waals surface area contributed by atoms with Gasteiger partial charge < -0.3 is 9.47 Å². The van der Waals surface area contributed by atoms with Crippen molar-refractivity contribution in [1.82, 2.24) is 0 Å². The molecule has 0 spiro atoms. The monoisotopic (exact) mass is 262 g/mol. The molecule has 0 radical (unpaired) electrons. The smallest absolute Gasteiger partial charge is 0.341 e. The van der Waals surface area contributed by atoms with Gasteiger partial charge in [-0.15, -0.1) is 0 Å². The molecule has 0 bridgehead atoms. The van der Waals surface area contributed by atoms with Crippen LogP contribution < -0.4 is 0 Å². The first-order valence-corrected chi connectivity index (χ1v) is 6.65. The maximum absolute atomic E-state index is 12.1. The van der Waals surface area contributed by atoms with E-state index < -0.39 is 11.2 Å². The molecule has 1 aliphatic heterocycles. The Bertz CT molecular complexity index is 500. The Kier molecular flexibility index (Phi) is 3.21. The van der Waals surface area contributed by atoms with Crippen LogP contribution in [0.15, 0.2) is 18.2 Å². The molecule has 2 unspecified atom stereocenters. The van der Waals surface area contributed by atoms with E-state index in [1.807, 2.05) is 20.8 Å². The molecule has 2 rings (SSSR count). The largest absolute Gasteiger partial charge is 0.467 e. The van der Waals surface area contributed by atoms with Gasteiger partial charge in [0.25, 0.3) is 0 Å². The van der Waals surface area contributed by atoms with Crippen LogP contribution >= 0.6 is 0 Å². The van der Waals surface area contributed by atoms with E-state index >= 15 is 0 Å². The lowest BCUT2D eigenvalue weighted by atomic mass is 9.79. The number of hydrogen-bond donors (Lipinski definition) is 0. The first-order chi connectivity index (χ1) is 8.77. The molecule has 0 aliphatic carbocycles. The third-order valence-corrected chi connectivity index (χ3v) is 4.11. The van der Waals surface area contributed by atoms with Crippen LogP contribution in [0, 0.1) is 19.8 Å². The molecule has 0 aromatic heterocycles. The first-order valence-electron chi connectivity index (χ1n) is 6.65. The summed E-state index contributed by atoms with van der Waals surface area (Å²) in [4.78, 5) is 12.1. The van der Waals surface area contributed by atoms with E-state index in [0.29, 0.717) is 0 Å². The Morgan fingerprint density at radius 2 is 1.74 bits per heavy atom.